The molecule has 4 bridgehead atoms. The molecular weight excluding hydrogens is 584 g/mol. The minimum absolute atomic E-state index is 0.000733. The number of rotatable bonds is 11. The Kier molecular flexibility index (Phi) is 8.75. The lowest BCUT2D eigenvalue weighted by Crippen LogP contribution is -2.72. The molecule has 246 valence electrons. The zero-order valence-corrected chi connectivity index (χ0v) is 28.2. The summed E-state index contributed by atoms with van der Waals surface area (Å²) in [5.74, 6) is -1.66. The molecule has 8 nitrogen and oxygen atoms in total. The van der Waals surface area contributed by atoms with Crippen LogP contribution in [-0.4, -0.2) is 45.1 Å². The predicted octanol–water partition coefficient (Wildman–Crippen LogP) is 7.32. The number of phenolic OH excluding ortho intramolecular Hbond substituents is 2. The van der Waals surface area contributed by atoms with Gasteiger partial charge in [-0.25, -0.2) is 0 Å². The van der Waals surface area contributed by atoms with Gasteiger partial charge in [-0.15, -0.1) is 0 Å². The smallest absolute Gasteiger partial charge is 0.298 e. The summed E-state index contributed by atoms with van der Waals surface area (Å²) in [5.41, 5.74) is 0.344. The van der Waals surface area contributed by atoms with Crippen LogP contribution in [-0.2, 0) is 31.9 Å². The van der Waals surface area contributed by atoms with Crippen molar-refractivity contribution < 1.29 is 38.8 Å². The molecular formula is C38H46O8. The molecule has 5 aliphatic rings. The van der Waals surface area contributed by atoms with Crippen molar-refractivity contribution >= 4 is 18.0 Å². The van der Waals surface area contributed by atoms with E-state index in [1.54, 1.807) is 19.1 Å². The number of phenols is 2. The maximum atomic E-state index is 14.7. The van der Waals surface area contributed by atoms with Gasteiger partial charge in [0.15, 0.2) is 22.8 Å². The SMILES string of the molecule is CC(C)=CCC/C(C)=C/Cc1c(O)c(CC=C(C)C)c2c(c1O)C(=O)C1=C[C@@H]3CC4C(C)(C)O[C@](C/C=C(/C)OC=O)(C3=O)[C@@]14O2. The monoisotopic (exact) mass is 630 g/mol. The van der Waals surface area contributed by atoms with Gasteiger partial charge in [-0.1, -0.05) is 41.0 Å². The zero-order valence-electron chi connectivity index (χ0n) is 28.2. The summed E-state index contributed by atoms with van der Waals surface area (Å²) in [4.78, 5) is 39.9. The molecule has 46 heavy (non-hydrogen) atoms. The number of ketones is 2. The molecule has 2 heterocycles. The lowest BCUT2D eigenvalue weighted by molar-refractivity contribution is -0.171. The van der Waals surface area contributed by atoms with E-state index in [2.05, 4.69) is 19.9 Å². The molecule has 8 heteroatoms. The highest BCUT2D eigenvalue weighted by atomic mass is 16.6. The number of fused-ring (bicyclic) bond motifs is 1. The molecule has 0 amide bonds. The molecule has 3 aliphatic carbocycles. The fourth-order valence-electron chi connectivity index (χ4n) is 7.83. The number of benzene rings is 1. The Hall–Kier alpha value is -3.91. The van der Waals surface area contributed by atoms with Gasteiger partial charge in [0.1, 0.15) is 28.6 Å². The van der Waals surface area contributed by atoms with Gasteiger partial charge < -0.3 is 24.4 Å². The van der Waals surface area contributed by atoms with E-state index in [1.807, 2.05) is 46.8 Å². The normalized spacial score (nSPS) is 27.3. The first-order valence-electron chi connectivity index (χ1n) is 16.1. The topological polar surface area (TPSA) is 119 Å². The standard InChI is InChI=1S/C38H46O8/c1-21(2)10-9-11-23(5)13-15-26-31(40)27(14-12-22(3)4)34-30(32(26)41)33(42)28-18-25-19-29-36(7,8)46-37(35(25)43,38(28,29)45-34)17-16-24(6)44-20-39/h10,12-13,16,18,20,25,29,40-41H,9,11,14-15,17,19H2,1-8H3/b23-13+,24-16-/t25-,29?,37-,38-/m1/s1. The first-order valence-corrected chi connectivity index (χ1v) is 16.1. The fourth-order valence-corrected chi connectivity index (χ4v) is 7.83. The summed E-state index contributed by atoms with van der Waals surface area (Å²) in [6.45, 7) is 15.7. The summed E-state index contributed by atoms with van der Waals surface area (Å²) < 4.78 is 18.7. The van der Waals surface area contributed by atoms with Gasteiger partial charge in [-0.05, 0) is 93.6 Å². The Morgan fingerprint density at radius 3 is 2.28 bits per heavy atom. The van der Waals surface area contributed by atoms with Crippen molar-refractivity contribution in [3.63, 3.8) is 0 Å². The van der Waals surface area contributed by atoms with Gasteiger partial charge in [-0.3, -0.25) is 14.4 Å². The van der Waals surface area contributed by atoms with E-state index in [4.69, 9.17) is 14.2 Å². The van der Waals surface area contributed by atoms with Crippen LogP contribution in [0.3, 0.4) is 0 Å². The zero-order chi connectivity index (χ0) is 33.8. The number of aromatic hydroxyl groups is 2. The largest absolute Gasteiger partial charge is 0.507 e. The van der Waals surface area contributed by atoms with Crippen LogP contribution in [0.25, 0.3) is 0 Å². The second kappa shape index (κ2) is 12.0. The lowest BCUT2D eigenvalue weighted by Gasteiger charge is -2.56. The molecule has 1 saturated heterocycles. The van der Waals surface area contributed by atoms with Crippen LogP contribution in [0.15, 0.2) is 58.4 Å². The van der Waals surface area contributed by atoms with Gasteiger partial charge in [0.05, 0.1) is 5.60 Å². The maximum absolute atomic E-state index is 14.7. The number of carbonyl (C=O) groups excluding carboxylic acids is 3. The van der Waals surface area contributed by atoms with Crippen LogP contribution < -0.4 is 4.74 Å². The van der Waals surface area contributed by atoms with E-state index in [0.29, 0.717) is 29.8 Å². The maximum Gasteiger partial charge on any atom is 0.298 e. The van der Waals surface area contributed by atoms with E-state index >= 15 is 0 Å². The molecule has 4 atom stereocenters. The Morgan fingerprint density at radius 2 is 1.63 bits per heavy atom. The van der Waals surface area contributed by atoms with E-state index in [-0.39, 0.29) is 59.3 Å². The molecule has 6 rings (SSSR count). The van der Waals surface area contributed by atoms with Gasteiger partial charge in [0, 0.05) is 35.0 Å². The Labute approximate surface area is 271 Å². The van der Waals surface area contributed by atoms with Crippen molar-refractivity contribution in [1.29, 1.82) is 0 Å². The van der Waals surface area contributed by atoms with Crippen LogP contribution in [0.4, 0.5) is 0 Å². The first-order chi connectivity index (χ1) is 21.6. The van der Waals surface area contributed by atoms with Crippen molar-refractivity contribution in [1.82, 2.24) is 0 Å². The number of carbonyl (C=O) groups is 3. The van der Waals surface area contributed by atoms with E-state index in [1.165, 1.54) is 5.57 Å². The van der Waals surface area contributed by atoms with Crippen LogP contribution >= 0.6 is 0 Å². The van der Waals surface area contributed by atoms with Crippen molar-refractivity contribution in [3.05, 3.63) is 75.1 Å². The highest BCUT2D eigenvalue weighted by molar-refractivity contribution is 6.18. The van der Waals surface area contributed by atoms with Crippen LogP contribution in [0.1, 0.15) is 103 Å². The molecule has 1 spiro atoms. The van der Waals surface area contributed by atoms with E-state index < -0.39 is 28.5 Å². The van der Waals surface area contributed by atoms with Gasteiger partial charge in [0.2, 0.25) is 0 Å². The van der Waals surface area contributed by atoms with Crippen LogP contribution in [0, 0.1) is 11.8 Å². The van der Waals surface area contributed by atoms with E-state index in [9.17, 15) is 24.6 Å². The molecule has 1 saturated carbocycles. The third-order valence-electron chi connectivity index (χ3n) is 10.1. The lowest BCUT2D eigenvalue weighted by atomic mass is 9.51. The second-order valence-corrected chi connectivity index (χ2v) is 14.2. The number of hydrogen-bond acceptors (Lipinski definition) is 8. The van der Waals surface area contributed by atoms with Crippen LogP contribution in [0.5, 0.6) is 17.2 Å². The summed E-state index contributed by atoms with van der Waals surface area (Å²) in [7, 11) is 0. The number of ether oxygens (including phenoxy) is 3. The predicted molar refractivity (Wildman–Crippen MR) is 175 cm³/mol. The average Bonchev–Trinajstić information content (AvgIpc) is 3.12. The molecule has 2 N–H and O–H groups in total. The van der Waals surface area contributed by atoms with Gasteiger partial charge in [0.25, 0.3) is 6.47 Å². The molecule has 2 fully saturated rings. The Bertz CT molecular complexity index is 1640. The van der Waals surface area contributed by atoms with Crippen molar-refractivity contribution in [2.24, 2.45) is 11.8 Å². The van der Waals surface area contributed by atoms with Crippen LogP contribution in [0.2, 0.25) is 0 Å². The molecule has 1 unspecified atom stereocenters. The first kappa shape index (κ1) is 33.5. The Morgan fingerprint density at radius 1 is 0.957 bits per heavy atom. The fraction of sp³-hybridized carbons (Fsp3) is 0.500. The van der Waals surface area contributed by atoms with Gasteiger partial charge in [-0.2, -0.15) is 0 Å². The Balaban J connectivity index is 1.70. The summed E-state index contributed by atoms with van der Waals surface area (Å²) in [6.07, 6.45) is 12.0. The summed E-state index contributed by atoms with van der Waals surface area (Å²) in [5, 5.41) is 23.5. The summed E-state index contributed by atoms with van der Waals surface area (Å²) >= 11 is 0. The number of hydrogen-bond donors (Lipinski definition) is 2. The number of allylic oxidation sites excluding steroid dienone is 8. The number of Topliss-reactive ketones (excluding diaryl/α,β-unsaturated/α-hetero) is 2. The van der Waals surface area contributed by atoms with Gasteiger partial charge >= 0.3 is 0 Å². The van der Waals surface area contributed by atoms with Crippen molar-refractivity contribution in [2.45, 2.75) is 111 Å². The molecule has 1 aromatic rings. The summed E-state index contributed by atoms with van der Waals surface area (Å²) in [6, 6.07) is 0. The quantitative estimate of drug-likeness (QED) is 0.148. The highest BCUT2D eigenvalue weighted by Crippen LogP contribution is 2.68. The highest BCUT2D eigenvalue weighted by Gasteiger charge is 2.81. The van der Waals surface area contributed by atoms with Crippen molar-refractivity contribution in [2.75, 3.05) is 0 Å². The van der Waals surface area contributed by atoms with E-state index in [0.717, 1.165) is 24.0 Å². The second-order valence-electron chi connectivity index (χ2n) is 14.2. The molecule has 2 aliphatic heterocycles. The molecule has 0 aromatic heterocycles. The minimum Gasteiger partial charge on any atom is -0.507 e. The van der Waals surface area contributed by atoms with Crippen molar-refractivity contribution in [3.8, 4) is 17.2 Å². The molecule has 0 radical (unpaired) electrons. The molecule has 1 aromatic carbocycles. The average molecular weight is 631 g/mol. The third kappa shape index (κ3) is 5.15. The minimum atomic E-state index is -1.59. The third-order valence-corrected chi connectivity index (χ3v) is 10.1.